The SMILES string of the molecule is CCCCn1c(N)c(N(CC(C)C)C(=O)/C=C/c2ccccc2OC(F)F)c(=O)[nH]c1=O. The second kappa shape index (κ2) is 11.3. The summed E-state index contributed by atoms with van der Waals surface area (Å²) in [5.74, 6) is -0.816. The van der Waals surface area contributed by atoms with E-state index >= 15 is 0 Å². The van der Waals surface area contributed by atoms with Crippen LogP contribution in [0.5, 0.6) is 5.75 Å². The van der Waals surface area contributed by atoms with Crippen LogP contribution in [0.1, 0.15) is 39.2 Å². The number of nitrogens with one attached hydrogen (secondary N) is 1. The molecule has 0 aliphatic carbocycles. The number of nitrogens with two attached hydrogens (primary N) is 1. The first-order valence-electron chi connectivity index (χ1n) is 10.3. The third-order valence-corrected chi connectivity index (χ3v) is 4.57. The molecular formula is C22H28F2N4O4. The number of para-hydroxylation sites is 1. The Kier molecular flexibility index (Phi) is 8.74. The fourth-order valence-electron chi connectivity index (χ4n) is 3.11. The summed E-state index contributed by atoms with van der Waals surface area (Å²) < 4.78 is 31.0. The maximum atomic E-state index is 13.1. The Labute approximate surface area is 184 Å². The zero-order valence-corrected chi connectivity index (χ0v) is 18.3. The average molecular weight is 450 g/mol. The van der Waals surface area contributed by atoms with E-state index in [1.165, 1.54) is 33.7 Å². The van der Waals surface area contributed by atoms with Gasteiger partial charge in [0.1, 0.15) is 11.6 Å². The zero-order chi connectivity index (χ0) is 23.8. The lowest BCUT2D eigenvalue weighted by molar-refractivity contribution is -0.114. The van der Waals surface area contributed by atoms with Gasteiger partial charge in [0.05, 0.1) is 0 Å². The van der Waals surface area contributed by atoms with Crippen molar-refractivity contribution < 1.29 is 18.3 Å². The number of rotatable bonds is 10. The van der Waals surface area contributed by atoms with Crippen LogP contribution in [0.3, 0.4) is 0 Å². The van der Waals surface area contributed by atoms with Gasteiger partial charge in [-0.05, 0) is 24.5 Å². The van der Waals surface area contributed by atoms with E-state index in [9.17, 15) is 23.2 Å². The van der Waals surface area contributed by atoms with Crippen molar-refractivity contribution in [2.24, 2.45) is 5.92 Å². The highest BCUT2D eigenvalue weighted by Gasteiger charge is 2.23. The van der Waals surface area contributed by atoms with Crippen molar-refractivity contribution in [1.82, 2.24) is 9.55 Å². The van der Waals surface area contributed by atoms with E-state index < -0.39 is 23.8 Å². The standard InChI is InChI=1S/C22H28F2N4O4/c1-4-5-12-27-19(25)18(20(30)26-22(27)31)28(13-14(2)3)17(29)11-10-15-8-6-7-9-16(15)32-21(23)24/h6-11,14,21H,4-5,12-13,25H2,1-3H3,(H,26,30,31)/b11-10+. The summed E-state index contributed by atoms with van der Waals surface area (Å²) in [5.41, 5.74) is 4.87. The first-order chi connectivity index (χ1) is 15.1. The molecule has 174 valence electrons. The van der Waals surface area contributed by atoms with E-state index in [0.717, 1.165) is 12.5 Å². The molecule has 2 rings (SSSR count). The van der Waals surface area contributed by atoms with Crippen LogP contribution in [-0.2, 0) is 11.3 Å². The van der Waals surface area contributed by atoms with E-state index in [-0.39, 0.29) is 35.3 Å². The van der Waals surface area contributed by atoms with Crippen molar-refractivity contribution in [1.29, 1.82) is 0 Å². The number of aromatic nitrogens is 2. The fourth-order valence-corrected chi connectivity index (χ4v) is 3.11. The summed E-state index contributed by atoms with van der Waals surface area (Å²) in [6, 6.07) is 6.01. The van der Waals surface area contributed by atoms with Crippen LogP contribution in [0.4, 0.5) is 20.3 Å². The molecule has 0 spiro atoms. The number of halogens is 2. The predicted molar refractivity (Wildman–Crippen MR) is 120 cm³/mol. The molecule has 32 heavy (non-hydrogen) atoms. The summed E-state index contributed by atoms with van der Waals surface area (Å²) in [4.78, 5) is 41.3. The minimum Gasteiger partial charge on any atom is -0.434 e. The topological polar surface area (TPSA) is 110 Å². The third kappa shape index (κ3) is 6.29. The van der Waals surface area contributed by atoms with Gasteiger partial charge in [-0.2, -0.15) is 8.78 Å². The first kappa shape index (κ1) is 24.8. The number of H-pyrrole nitrogens is 1. The molecule has 0 aliphatic rings. The molecule has 3 N–H and O–H groups in total. The van der Waals surface area contributed by atoms with Gasteiger partial charge < -0.3 is 15.4 Å². The van der Waals surface area contributed by atoms with Crippen LogP contribution in [0, 0.1) is 5.92 Å². The molecule has 0 bridgehead atoms. The van der Waals surface area contributed by atoms with Crippen LogP contribution < -0.4 is 26.6 Å². The van der Waals surface area contributed by atoms with Crippen molar-refractivity contribution in [2.75, 3.05) is 17.2 Å². The number of hydrogen-bond donors (Lipinski definition) is 2. The number of anilines is 2. The minimum absolute atomic E-state index is 0.0309. The maximum absolute atomic E-state index is 13.1. The highest BCUT2D eigenvalue weighted by Crippen LogP contribution is 2.23. The Morgan fingerprint density at radius 1 is 1.28 bits per heavy atom. The quantitative estimate of drug-likeness (QED) is 0.540. The lowest BCUT2D eigenvalue weighted by Crippen LogP contribution is -2.42. The number of hydrogen-bond acceptors (Lipinski definition) is 5. The third-order valence-electron chi connectivity index (χ3n) is 4.57. The van der Waals surface area contributed by atoms with Crippen LogP contribution in [0.25, 0.3) is 6.08 Å². The maximum Gasteiger partial charge on any atom is 0.387 e. The molecule has 1 aromatic carbocycles. The van der Waals surface area contributed by atoms with E-state index in [0.29, 0.717) is 13.0 Å². The van der Waals surface area contributed by atoms with E-state index in [4.69, 9.17) is 5.73 Å². The molecule has 0 aliphatic heterocycles. The molecule has 0 atom stereocenters. The summed E-state index contributed by atoms with van der Waals surface area (Å²) in [6.45, 7) is 3.09. The van der Waals surface area contributed by atoms with Crippen LogP contribution in [-0.4, -0.2) is 28.6 Å². The molecule has 8 nitrogen and oxygen atoms in total. The van der Waals surface area contributed by atoms with Gasteiger partial charge in [0.15, 0.2) is 5.69 Å². The minimum atomic E-state index is -3.01. The van der Waals surface area contributed by atoms with Crippen molar-refractivity contribution in [3.8, 4) is 5.75 Å². The van der Waals surface area contributed by atoms with Gasteiger partial charge >= 0.3 is 12.3 Å². The van der Waals surface area contributed by atoms with Gasteiger partial charge in [0.25, 0.3) is 11.5 Å². The number of nitrogen functional groups attached to an aromatic ring is 1. The van der Waals surface area contributed by atoms with E-state index in [1.807, 2.05) is 20.8 Å². The normalized spacial score (nSPS) is 11.5. The van der Waals surface area contributed by atoms with E-state index in [2.05, 4.69) is 9.72 Å². The number of amides is 1. The van der Waals surface area contributed by atoms with Crippen LogP contribution in [0.2, 0.25) is 0 Å². The highest BCUT2D eigenvalue weighted by molar-refractivity contribution is 6.05. The first-order valence-corrected chi connectivity index (χ1v) is 10.3. The number of unbranched alkanes of at least 4 members (excludes halogenated alkanes) is 1. The summed E-state index contributed by atoms with van der Waals surface area (Å²) in [5, 5.41) is 0. The predicted octanol–water partition coefficient (Wildman–Crippen LogP) is 3.22. The number of nitrogens with zero attached hydrogens (tertiary/aromatic N) is 2. The average Bonchev–Trinajstić information content (AvgIpc) is 2.71. The molecule has 0 fully saturated rings. The molecule has 2 aromatic rings. The van der Waals surface area contributed by atoms with Gasteiger partial charge in [-0.25, -0.2) is 4.79 Å². The van der Waals surface area contributed by atoms with Crippen molar-refractivity contribution in [3.05, 3.63) is 56.7 Å². The molecule has 1 amide bonds. The second-order valence-corrected chi connectivity index (χ2v) is 7.59. The van der Waals surface area contributed by atoms with E-state index in [1.54, 1.807) is 6.07 Å². The number of carbonyl (C=O) groups is 1. The van der Waals surface area contributed by atoms with Gasteiger partial charge in [-0.3, -0.25) is 19.1 Å². The number of aromatic amines is 1. The van der Waals surface area contributed by atoms with Crippen LogP contribution in [0.15, 0.2) is 39.9 Å². The highest BCUT2D eigenvalue weighted by atomic mass is 19.3. The lowest BCUT2D eigenvalue weighted by atomic mass is 10.1. The Morgan fingerprint density at radius 3 is 2.59 bits per heavy atom. The summed E-state index contributed by atoms with van der Waals surface area (Å²) in [6.07, 6.45) is 3.94. The van der Waals surface area contributed by atoms with Gasteiger partial charge in [-0.15, -0.1) is 0 Å². The fraction of sp³-hybridized carbons (Fsp3) is 0.409. The molecule has 0 radical (unpaired) electrons. The molecule has 0 unspecified atom stereocenters. The zero-order valence-electron chi connectivity index (χ0n) is 18.3. The van der Waals surface area contributed by atoms with Gasteiger partial charge in [-0.1, -0.05) is 45.4 Å². The molecule has 1 aromatic heterocycles. The van der Waals surface area contributed by atoms with Crippen molar-refractivity contribution in [3.63, 3.8) is 0 Å². The lowest BCUT2D eigenvalue weighted by Gasteiger charge is -2.25. The van der Waals surface area contributed by atoms with Crippen molar-refractivity contribution in [2.45, 2.75) is 46.8 Å². The van der Waals surface area contributed by atoms with Crippen molar-refractivity contribution >= 4 is 23.5 Å². The Bertz CT molecular complexity index is 1080. The van der Waals surface area contributed by atoms with Crippen LogP contribution >= 0.6 is 0 Å². The molecular weight excluding hydrogens is 422 g/mol. The largest absolute Gasteiger partial charge is 0.434 e. The second-order valence-electron chi connectivity index (χ2n) is 7.59. The Morgan fingerprint density at radius 2 is 1.97 bits per heavy atom. The van der Waals surface area contributed by atoms with Gasteiger partial charge in [0.2, 0.25) is 0 Å². The Balaban J connectivity index is 2.48. The number of carbonyl (C=O) groups excluding carboxylic acids is 1. The molecule has 10 heteroatoms. The Hall–Kier alpha value is -3.43. The molecule has 0 saturated heterocycles. The monoisotopic (exact) mass is 450 g/mol. The molecule has 0 saturated carbocycles. The number of benzene rings is 1. The number of alkyl halides is 2. The number of ether oxygens (including phenoxy) is 1. The van der Waals surface area contributed by atoms with Gasteiger partial charge in [0, 0.05) is 24.7 Å². The molecule has 1 heterocycles. The summed E-state index contributed by atoms with van der Waals surface area (Å²) >= 11 is 0. The summed E-state index contributed by atoms with van der Waals surface area (Å²) in [7, 11) is 0. The smallest absolute Gasteiger partial charge is 0.387 e.